The molecule has 0 spiro atoms. The van der Waals surface area contributed by atoms with E-state index in [0.717, 1.165) is 57.9 Å². The van der Waals surface area contributed by atoms with Crippen molar-refractivity contribution in [3.05, 3.63) is 52.9 Å². The second kappa shape index (κ2) is 8.83. The summed E-state index contributed by atoms with van der Waals surface area (Å²) in [4.78, 5) is 9.41. The highest BCUT2D eigenvalue weighted by molar-refractivity contribution is 9.10. The summed E-state index contributed by atoms with van der Waals surface area (Å²) in [5.74, 6) is 0.818. The minimum Gasteiger partial charge on any atom is -0.476 e. The molecular formula is C25H26BrN5O3S. The Bertz CT molecular complexity index is 1530. The van der Waals surface area contributed by atoms with Crippen molar-refractivity contribution >= 4 is 42.5 Å². The molecule has 2 aliphatic rings. The SMILES string of the molecule is Cc1c(Br)c(OCC2CCN(S(=O)(=O)C3CC3)CC2)nc2c(-c3cnc4ccccc4c3)cnn12. The van der Waals surface area contributed by atoms with Crippen LogP contribution in [0.15, 0.2) is 47.2 Å². The lowest BCUT2D eigenvalue weighted by Crippen LogP contribution is -2.41. The van der Waals surface area contributed by atoms with E-state index in [-0.39, 0.29) is 5.25 Å². The van der Waals surface area contributed by atoms with Crippen LogP contribution in [0.4, 0.5) is 0 Å². The fraction of sp³-hybridized carbons (Fsp3) is 0.400. The zero-order valence-electron chi connectivity index (χ0n) is 19.4. The maximum Gasteiger partial charge on any atom is 0.231 e. The second-order valence-electron chi connectivity index (χ2n) is 9.42. The number of nitrogens with zero attached hydrogens (tertiary/aromatic N) is 5. The van der Waals surface area contributed by atoms with Gasteiger partial charge in [-0.1, -0.05) is 18.2 Å². The van der Waals surface area contributed by atoms with Crippen LogP contribution < -0.4 is 4.74 Å². The van der Waals surface area contributed by atoms with Crippen LogP contribution in [0, 0.1) is 12.8 Å². The van der Waals surface area contributed by atoms with Crippen LogP contribution in [0.25, 0.3) is 27.7 Å². The van der Waals surface area contributed by atoms with Crippen molar-refractivity contribution in [3.8, 4) is 17.0 Å². The van der Waals surface area contributed by atoms with E-state index >= 15 is 0 Å². The molecule has 3 aromatic heterocycles. The van der Waals surface area contributed by atoms with Crippen molar-refractivity contribution in [2.75, 3.05) is 19.7 Å². The van der Waals surface area contributed by atoms with Crippen LogP contribution in [0.1, 0.15) is 31.4 Å². The number of fused-ring (bicyclic) bond motifs is 2. The zero-order valence-corrected chi connectivity index (χ0v) is 21.8. The lowest BCUT2D eigenvalue weighted by atomic mass is 9.99. The summed E-state index contributed by atoms with van der Waals surface area (Å²) >= 11 is 3.63. The van der Waals surface area contributed by atoms with Crippen molar-refractivity contribution in [1.29, 1.82) is 0 Å². The third-order valence-corrected chi connectivity index (χ3v) is 10.3. The number of rotatable bonds is 6. The molecule has 1 saturated carbocycles. The van der Waals surface area contributed by atoms with E-state index in [0.29, 0.717) is 37.1 Å². The molecule has 0 unspecified atom stereocenters. The molecule has 10 heteroatoms. The van der Waals surface area contributed by atoms with E-state index in [9.17, 15) is 8.42 Å². The van der Waals surface area contributed by atoms with Crippen molar-refractivity contribution in [2.24, 2.45) is 5.92 Å². The summed E-state index contributed by atoms with van der Waals surface area (Å²) in [7, 11) is -3.10. The molecule has 8 nitrogen and oxygen atoms in total. The van der Waals surface area contributed by atoms with Gasteiger partial charge in [0.25, 0.3) is 0 Å². The smallest absolute Gasteiger partial charge is 0.231 e. The summed E-state index contributed by atoms with van der Waals surface area (Å²) in [5, 5.41) is 5.47. The summed E-state index contributed by atoms with van der Waals surface area (Å²) in [6, 6.07) is 10.1. The molecule has 0 N–H and O–H groups in total. The number of para-hydroxylation sites is 1. The van der Waals surface area contributed by atoms with Gasteiger partial charge in [-0.25, -0.2) is 17.2 Å². The maximum absolute atomic E-state index is 12.5. The van der Waals surface area contributed by atoms with Gasteiger partial charge in [-0.3, -0.25) is 4.98 Å². The van der Waals surface area contributed by atoms with Crippen LogP contribution in [-0.2, 0) is 10.0 Å². The largest absolute Gasteiger partial charge is 0.476 e. The number of benzene rings is 1. The van der Waals surface area contributed by atoms with Gasteiger partial charge >= 0.3 is 0 Å². The van der Waals surface area contributed by atoms with E-state index in [2.05, 4.69) is 32.1 Å². The molecule has 182 valence electrons. The lowest BCUT2D eigenvalue weighted by molar-refractivity contribution is 0.180. The maximum atomic E-state index is 12.5. The quantitative estimate of drug-likeness (QED) is 0.345. The first-order valence-corrected chi connectivity index (χ1v) is 14.2. The third kappa shape index (κ3) is 4.21. The molecule has 0 bridgehead atoms. The molecule has 0 atom stereocenters. The molecule has 6 rings (SSSR count). The highest BCUT2D eigenvalue weighted by Crippen LogP contribution is 2.35. The Morgan fingerprint density at radius 3 is 2.66 bits per heavy atom. The number of aryl methyl sites for hydroxylation is 1. The molecule has 35 heavy (non-hydrogen) atoms. The van der Waals surface area contributed by atoms with E-state index in [1.54, 1.807) is 4.31 Å². The van der Waals surface area contributed by atoms with Crippen LogP contribution in [0.5, 0.6) is 5.88 Å². The zero-order chi connectivity index (χ0) is 24.2. The Labute approximate surface area is 212 Å². The van der Waals surface area contributed by atoms with Crippen LogP contribution in [0.2, 0.25) is 0 Å². The van der Waals surface area contributed by atoms with Gasteiger partial charge in [-0.2, -0.15) is 10.1 Å². The fourth-order valence-electron chi connectivity index (χ4n) is 4.71. The number of ether oxygens (including phenoxy) is 1. The van der Waals surface area contributed by atoms with E-state index in [4.69, 9.17) is 9.72 Å². The van der Waals surface area contributed by atoms with Crippen LogP contribution in [-0.4, -0.2) is 57.3 Å². The molecule has 0 amide bonds. The molecule has 4 aromatic rings. The van der Waals surface area contributed by atoms with Gasteiger partial charge in [0.05, 0.1) is 29.3 Å². The number of sulfonamides is 1. The predicted molar refractivity (Wildman–Crippen MR) is 138 cm³/mol. The lowest BCUT2D eigenvalue weighted by Gasteiger charge is -2.31. The van der Waals surface area contributed by atoms with Gasteiger partial charge in [0.2, 0.25) is 15.9 Å². The highest BCUT2D eigenvalue weighted by Gasteiger charge is 2.41. The Balaban J connectivity index is 1.22. The average molecular weight is 556 g/mol. The second-order valence-corrected chi connectivity index (χ2v) is 12.4. The van der Waals surface area contributed by atoms with Gasteiger partial charge in [-0.05, 0) is 66.6 Å². The number of halogens is 1. The Morgan fingerprint density at radius 2 is 1.89 bits per heavy atom. The molecule has 1 saturated heterocycles. The van der Waals surface area contributed by atoms with Crippen LogP contribution >= 0.6 is 15.9 Å². The molecule has 2 fully saturated rings. The van der Waals surface area contributed by atoms with E-state index < -0.39 is 10.0 Å². The average Bonchev–Trinajstić information content (AvgIpc) is 3.66. The normalized spacial score (nSPS) is 17.9. The van der Waals surface area contributed by atoms with E-state index in [1.807, 2.05) is 48.1 Å². The highest BCUT2D eigenvalue weighted by atomic mass is 79.9. The monoisotopic (exact) mass is 555 g/mol. The number of pyridine rings is 1. The number of aromatic nitrogens is 4. The number of hydrogen-bond acceptors (Lipinski definition) is 6. The van der Waals surface area contributed by atoms with Crippen molar-refractivity contribution < 1.29 is 13.2 Å². The number of piperidine rings is 1. The van der Waals surface area contributed by atoms with Crippen LogP contribution in [0.3, 0.4) is 0 Å². The van der Waals surface area contributed by atoms with Gasteiger partial charge in [-0.15, -0.1) is 0 Å². The molecule has 0 radical (unpaired) electrons. The summed E-state index contributed by atoms with van der Waals surface area (Å²) in [6.45, 7) is 3.62. The predicted octanol–water partition coefficient (Wildman–Crippen LogP) is 4.60. The van der Waals surface area contributed by atoms with Gasteiger partial charge in [0.1, 0.15) is 4.47 Å². The van der Waals surface area contributed by atoms with Crippen molar-refractivity contribution in [2.45, 2.75) is 37.9 Å². The van der Waals surface area contributed by atoms with Crippen molar-refractivity contribution in [3.63, 3.8) is 0 Å². The Hall–Kier alpha value is -2.56. The van der Waals surface area contributed by atoms with Gasteiger partial charge < -0.3 is 4.74 Å². The standard InChI is InChI=1S/C25H26BrN5O3S/c1-16-23(26)25(34-15-17-8-10-30(11-9-17)35(32,33)20-6-7-20)29-24-21(14-28-31(16)24)19-12-18-4-2-3-5-22(18)27-13-19/h2-5,12-14,17,20H,6-11,15H2,1H3. The molecule has 1 aliphatic carbocycles. The van der Waals surface area contributed by atoms with Crippen molar-refractivity contribution in [1.82, 2.24) is 23.9 Å². The molecule has 4 heterocycles. The first-order valence-electron chi connectivity index (χ1n) is 11.9. The summed E-state index contributed by atoms with van der Waals surface area (Å²) in [5.41, 5.74) is 4.39. The summed E-state index contributed by atoms with van der Waals surface area (Å²) in [6.07, 6.45) is 6.87. The molecule has 1 aromatic carbocycles. The number of hydrogen-bond donors (Lipinski definition) is 0. The molecule has 1 aliphatic heterocycles. The molecular weight excluding hydrogens is 530 g/mol. The minimum atomic E-state index is -3.10. The van der Waals surface area contributed by atoms with Gasteiger partial charge in [0, 0.05) is 35.8 Å². The minimum absolute atomic E-state index is 0.146. The van der Waals surface area contributed by atoms with E-state index in [1.165, 1.54) is 0 Å². The fourth-order valence-corrected chi connectivity index (χ4v) is 6.95. The first-order chi connectivity index (χ1) is 16.9. The summed E-state index contributed by atoms with van der Waals surface area (Å²) < 4.78 is 35.4. The van der Waals surface area contributed by atoms with Gasteiger partial charge in [0.15, 0.2) is 5.65 Å². The first kappa shape index (κ1) is 22.9. The topological polar surface area (TPSA) is 89.7 Å². The third-order valence-electron chi connectivity index (χ3n) is 7.01. The Kier molecular flexibility index (Phi) is 5.77. The Morgan fingerprint density at radius 1 is 1.11 bits per heavy atom.